The van der Waals surface area contributed by atoms with E-state index in [4.69, 9.17) is 4.18 Å². The summed E-state index contributed by atoms with van der Waals surface area (Å²) in [4.78, 5) is 5.97. The lowest BCUT2D eigenvalue weighted by atomic mass is 9.72. The highest BCUT2D eigenvalue weighted by Crippen LogP contribution is 2.44. The first-order valence-electron chi connectivity index (χ1n) is 9.13. The lowest BCUT2D eigenvalue weighted by Gasteiger charge is -2.47. The van der Waals surface area contributed by atoms with Gasteiger partial charge in [0.15, 0.2) is 0 Å². The molecule has 25 heavy (non-hydrogen) atoms. The smallest absolute Gasteiger partial charge is 0.264 e. The maximum Gasteiger partial charge on any atom is 0.264 e. The summed E-state index contributed by atoms with van der Waals surface area (Å²) in [7, 11) is -3.39. The molecule has 2 heterocycles. The van der Waals surface area contributed by atoms with Crippen molar-refractivity contribution in [1.29, 1.82) is 0 Å². The van der Waals surface area contributed by atoms with Crippen molar-refractivity contribution in [2.45, 2.75) is 38.1 Å². The van der Waals surface area contributed by atoms with Crippen LogP contribution in [0.1, 0.15) is 36.8 Å². The van der Waals surface area contributed by atoms with Crippen LogP contribution in [0.4, 0.5) is 0 Å². The Hall–Kier alpha value is -1.37. The summed E-state index contributed by atoms with van der Waals surface area (Å²) < 4.78 is 28.0. The number of benzene rings is 1. The van der Waals surface area contributed by atoms with Gasteiger partial charge in [0.25, 0.3) is 10.1 Å². The van der Waals surface area contributed by atoms with Crippen LogP contribution in [-0.4, -0.2) is 50.3 Å². The van der Waals surface area contributed by atoms with Crippen LogP contribution in [0.5, 0.6) is 0 Å². The molecule has 2 aromatic rings. The number of rotatable bonds is 5. The number of fused-ring (bicyclic) bond motifs is 2. The third-order valence-corrected chi connectivity index (χ3v) is 6.25. The molecule has 0 saturated carbocycles. The highest BCUT2D eigenvalue weighted by molar-refractivity contribution is 7.85. The van der Waals surface area contributed by atoms with E-state index in [-0.39, 0.29) is 12.5 Å². The van der Waals surface area contributed by atoms with Gasteiger partial charge in [-0.1, -0.05) is 19.1 Å². The molecule has 0 amide bonds. The van der Waals surface area contributed by atoms with Crippen molar-refractivity contribution in [3.8, 4) is 0 Å². The van der Waals surface area contributed by atoms with Crippen molar-refractivity contribution in [3.63, 3.8) is 0 Å². The Bertz CT molecular complexity index is 874. The van der Waals surface area contributed by atoms with Crippen molar-refractivity contribution in [2.75, 3.05) is 26.0 Å². The van der Waals surface area contributed by atoms with E-state index in [0.717, 1.165) is 38.6 Å². The van der Waals surface area contributed by atoms with Crippen LogP contribution >= 0.6 is 0 Å². The van der Waals surface area contributed by atoms with Crippen LogP contribution in [-0.2, 0) is 20.7 Å². The van der Waals surface area contributed by atoms with Crippen LogP contribution < -0.4 is 0 Å². The molecule has 1 saturated heterocycles. The summed E-state index contributed by atoms with van der Waals surface area (Å²) in [5, 5.41) is 1.38. The van der Waals surface area contributed by atoms with E-state index >= 15 is 0 Å². The number of nitrogens with zero attached hydrogens (tertiary/aromatic N) is 1. The molecular weight excluding hydrogens is 336 g/mol. The van der Waals surface area contributed by atoms with Crippen molar-refractivity contribution in [2.24, 2.45) is 5.92 Å². The molecule has 1 aromatic heterocycles. The minimum atomic E-state index is -3.39. The van der Waals surface area contributed by atoms with Crippen LogP contribution in [0, 0.1) is 5.92 Å². The first-order valence-corrected chi connectivity index (χ1v) is 10.9. The van der Waals surface area contributed by atoms with Gasteiger partial charge in [-0.05, 0) is 48.9 Å². The molecule has 1 aliphatic carbocycles. The number of H-pyrrole nitrogens is 1. The molecule has 1 aromatic carbocycles. The summed E-state index contributed by atoms with van der Waals surface area (Å²) in [6.07, 6.45) is 6.46. The molecule has 3 atom stereocenters. The fourth-order valence-corrected chi connectivity index (χ4v) is 5.22. The summed E-state index contributed by atoms with van der Waals surface area (Å²) in [5.74, 6) is 0.693. The first-order chi connectivity index (χ1) is 12.0. The van der Waals surface area contributed by atoms with Gasteiger partial charge in [-0.25, -0.2) is 0 Å². The van der Waals surface area contributed by atoms with E-state index in [1.807, 2.05) is 0 Å². The predicted octanol–water partition coefficient (Wildman–Crippen LogP) is 2.88. The zero-order valence-electron chi connectivity index (χ0n) is 14.9. The third kappa shape index (κ3) is 3.23. The van der Waals surface area contributed by atoms with Gasteiger partial charge in [0.05, 0.1) is 12.9 Å². The molecule has 0 radical (unpaired) electrons. The average Bonchev–Trinajstić information content (AvgIpc) is 2.98. The number of likely N-dealkylation sites (tertiary alicyclic amines) is 1. The number of aromatic nitrogens is 1. The quantitative estimate of drug-likeness (QED) is 0.831. The van der Waals surface area contributed by atoms with E-state index in [1.165, 1.54) is 22.0 Å². The second kappa shape index (κ2) is 6.41. The standard InChI is InChI=1S/C19H26N2O3S/c1-3-7-21-11-13(12-24-25(2,22)23)8-16-15-5-4-6-17-19(15)14(10-20-17)9-18(16)21/h4-6,10,13,16,18,20H,3,7-9,11-12H2,1-2H3/t13?,16-,18-/m0/s1. The van der Waals surface area contributed by atoms with Crippen molar-refractivity contribution >= 4 is 21.0 Å². The molecule has 6 heteroatoms. The van der Waals surface area contributed by atoms with Gasteiger partial charge in [-0.3, -0.25) is 9.08 Å². The van der Waals surface area contributed by atoms with Gasteiger partial charge in [-0.15, -0.1) is 0 Å². The molecule has 1 aliphatic heterocycles. The lowest BCUT2D eigenvalue weighted by Crippen LogP contribution is -2.51. The summed E-state index contributed by atoms with van der Waals surface area (Å²) in [5.41, 5.74) is 4.04. The van der Waals surface area contributed by atoms with Gasteiger partial charge < -0.3 is 4.98 Å². The molecule has 0 spiro atoms. The second-order valence-corrected chi connectivity index (χ2v) is 9.19. The van der Waals surface area contributed by atoms with E-state index in [2.05, 4.69) is 41.2 Å². The van der Waals surface area contributed by atoms with Crippen LogP contribution in [0.3, 0.4) is 0 Å². The number of aromatic amines is 1. The second-order valence-electron chi connectivity index (χ2n) is 7.55. The average molecular weight is 362 g/mol. The molecule has 1 unspecified atom stereocenters. The molecule has 0 bridgehead atoms. The molecule has 2 aliphatic rings. The number of hydrogen-bond acceptors (Lipinski definition) is 4. The van der Waals surface area contributed by atoms with E-state index < -0.39 is 10.1 Å². The number of nitrogens with one attached hydrogen (secondary N) is 1. The molecular formula is C19H26N2O3S. The van der Waals surface area contributed by atoms with Gasteiger partial charge >= 0.3 is 0 Å². The van der Waals surface area contributed by atoms with E-state index in [0.29, 0.717) is 12.0 Å². The maximum atomic E-state index is 11.4. The molecule has 1 fully saturated rings. The Morgan fingerprint density at radius 1 is 1.36 bits per heavy atom. The fraction of sp³-hybridized carbons (Fsp3) is 0.579. The highest BCUT2D eigenvalue weighted by atomic mass is 32.2. The van der Waals surface area contributed by atoms with Crippen molar-refractivity contribution in [1.82, 2.24) is 9.88 Å². The fourth-order valence-electron chi connectivity index (χ4n) is 4.78. The van der Waals surface area contributed by atoms with Crippen LogP contribution in [0.15, 0.2) is 24.4 Å². The number of piperidine rings is 1. The summed E-state index contributed by atoms with van der Waals surface area (Å²) >= 11 is 0. The summed E-state index contributed by atoms with van der Waals surface area (Å²) in [6, 6.07) is 7.02. The number of hydrogen-bond donors (Lipinski definition) is 1. The van der Waals surface area contributed by atoms with E-state index in [1.54, 1.807) is 0 Å². The third-order valence-electron chi connectivity index (χ3n) is 5.69. The Kier molecular flexibility index (Phi) is 4.38. The van der Waals surface area contributed by atoms with Crippen molar-refractivity contribution in [3.05, 3.63) is 35.5 Å². The SMILES string of the molecule is CCCN1CC(COS(C)(=O)=O)C[C@H]2c3cccc4[nH]cc(c34)C[C@@H]21. The van der Waals surface area contributed by atoms with Gasteiger partial charge in [0.2, 0.25) is 0 Å². The Labute approximate surface area is 149 Å². The van der Waals surface area contributed by atoms with Gasteiger partial charge in [0.1, 0.15) is 0 Å². The highest BCUT2D eigenvalue weighted by Gasteiger charge is 2.40. The molecule has 5 nitrogen and oxygen atoms in total. The monoisotopic (exact) mass is 362 g/mol. The van der Waals surface area contributed by atoms with Crippen LogP contribution in [0.2, 0.25) is 0 Å². The predicted molar refractivity (Wildman–Crippen MR) is 99.3 cm³/mol. The summed E-state index contributed by atoms with van der Waals surface area (Å²) in [6.45, 7) is 4.46. The Morgan fingerprint density at radius 3 is 2.96 bits per heavy atom. The lowest BCUT2D eigenvalue weighted by molar-refractivity contribution is 0.0640. The Balaban J connectivity index is 1.67. The topological polar surface area (TPSA) is 62.4 Å². The van der Waals surface area contributed by atoms with Crippen molar-refractivity contribution < 1.29 is 12.6 Å². The van der Waals surface area contributed by atoms with E-state index in [9.17, 15) is 8.42 Å². The normalized spacial score (nSPS) is 26.7. The minimum Gasteiger partial charge on any atom is -0.361 e. The zero-order valence-corrected chi connectivity index (χ0v) is 15.7. The largest absolute Gasteiger partial charge is 0.361 e. The Morgan fingerprint density at radius 2 is 2.20 bits per heavy atom. The molecule has 4 rings (SSSR count). The van der Waals surface area contributed by atoms with Crippen LogP contribution in [0.25, 0.3) is 10.9 Å². The van der Waals surface area contributed by atoms with Gasteiger partial charge in [0, 0.05) is 35.6 Å². The first kappa shape index (κ1) is 17.1. The molecule has 136 valence electrons. The van der Waals surface area contributed by atoms with Gasteiger partial charge in [-0.2, -0.15) is 8.42 Å². The minimum absolute atomic E-state index is 0.248. The maximum absolute atomic E-state index is 11.4. The molecule has 1 N–H and O–H groups in total. The zero-order chi connectivity index (χ0) is 17.6.